The third kappa shape index (κ3) is 6.67. The molecule has 0 heterocycles. The Kier molecular flexibility index (Phi) is 7.34. The first-order chi connectivity index (χ1) is 11.1. The van der Waals surface area contributed by atoms with Crippen LogP contribution in [0.1, 0.15) is 62.3 Å². The predicted octanol–water partition coefficient (Wildman–Crippen LogP) is 0.668. The van der Waals surface area contributed by atoms with Gasteiger partial charge in [-0.1, -0.05) is 0 Å². The molecule has 0 aliphatic carbocycles. The van der Waals surface area contributed by atoms with Crippen molar-refractivity contribution in [1.29, 1.82) is 0 Å². The van der Waals surface area contributed by atoms with Gasteiger partial charge in [0.15, 0.2) is 0 Å². The van der Waals surface area contributed by atoms with E-state index in [9.17, 15) is 29.7 Å². The molecule has 26 heavy (non-hydrogen) atoms. The Balaban J connectivity index is 6.25. The van der Waals surface area contributed by atoms with Gasteiger partial charge in [-0.25, -0.2) is 0 Å². The topological polar surface area (TPSA) is 140 Å². The normalized spacial score (nSPS) is 13.8. The molecule has 0 amide bonds. The van der Waals surface area contributed by atoms with E-state index in [0.29, 0.717) is 0 Å². The first-order valence-corrected chi connectivity index (χ1v) is 12.9. The Hall–Kier alpha value is -0.911. The maximum absolute atomic E-state index is 12.3. The quantitative estimate of drug-likeness (QED) is 0.464. The van der Waals surface area contributed by atoms with E-state index in [4.69, 9.17) is 9.22 Å². The summed E-state index contributed by atoms with van der Waals surface area (Å²) in [7, 11) is 0. The molecule has 0 unspecified atom stereocenters. The zero-order chi connectivity index (χ0) is 21.4. The summed E-state index contributed by atoms with van der Waals surface area (Å²) >= 11 is -5.51. The number of hydrogen-bond donors (Lipinski definition) is 3. The molecule has 0 rings (SSSR count). The fourth-order valence-corrected chi connectivity index (χ4v) is 8.47. The van der Waals surface area contributed by atoms with E-state index in [2.05, 4.69) is 0 Å². The summed E-state index contributed by atoms with van der Waals surface area (Å²) in [6, 6.07) is 0. The summed E-state index contributed by atoms with van der Waals surface area (Å²) in [5, 5.41) is 29.6. The van der Waals surface area contributed by atoms with Crippen LogP contribution in [0.5, 0.6) is 0 Å². The average molecular weight is 485 g/mol. The van der Waals surface area contributed by atoms with Gasteiger partial charge in [0.05, 0.1) is 0 Å². The summed E-state index contributed by atoms with van der Waals surface area (Å²) in [5.74, 6) is -3.47. The number of aliphatic hydroxyl groups is 3. The second-order valence-electron chi connectivity index (χ2n) is 8.65. The second kappa shape index (κ2) is 7.61. The Labute approximate surface area is 159 Å². The van der Waals surface area contributed by atoms with Crippen LogP contribution >= 0.6 is 0 Å². The molecule has 0 saturated heterocycles. The third-order valence-electron chi connectivity index (χ3n) is 3.10. The minimum atomic E-state index is -5.51. The fraction of sp³-hybridized carbons (Fsp3) is 0.812. The van der Waals surface area contributed by atoms with E-state index >= 15 is 0 Å². The van der Waals surface area contributed by atoms with Gasteiger partial charge >= 0.3 is 159 Å². The minimum absolute atomic E-state index is 1.14. The Morgan fingerprint density at radius 3 is 0.885 bits per heavy atom. The third-order valence-corrected chi connectivity index (χ3v) is 12.2. The van der Waals surface area contributed by atoms with Gasteiger partial charge in [0, 0.05) is 0 Å². The van der Waals surface area contributed by atoms with E-state index in [1.807, 2.05) is 0 Å². The molecule has 0 radical (unpaired) electrons. The van der Waals surface area contributed by atoms with Gasteiger partial charge < -0.3 is 0 Å². The van der Waals surface area contributed by atoms with Crippen molar-refractivity contribution in [1.82, 2.24) is 0 Å². The van der Waals surface area contributed by atoms with Gasteiger partial charge in [0.25, 0.3) is 0 Å². The van der Waals surface area contributed by atoms with Crippen LogP contribution in [-0.2, 0) is 23.6 Å². The van der Waals surface area contributed by atoms with Crippen LogP contribution < -0.4 is 0 Å². The van der Waals surface area contributed by atoms with Gasteiger partial charge in [-0.15, -0.1) is 0 Å². The van der Waals surface area contributed by atoms with Crippen molar-refractivity contribution in [3.8, 4) is 0 Å². The fourth-order valence-electron chi connectivity index (χ4n) is 1.26. The first kappa shape index (κ1) is 25.1. The molecular formula is C16H30O9Sn. The average Bonchev–Trinajstić information content (AvgIpc) is 2.33. The van der Waals surface area contributed by atoms with Crippen molar-refractivity contribution in [2.24, 2.45) is 0 Å². The van der Waals surface area contributed by atoms with Gasteiger partial charge in [-0.05, 0) is 0 Å². The van der Waals surface area contributed by atoms with Gasteiger partial charge in [-0.3, -0.25) is 0 Å². The standard InChI is InChI=1S/3C4H8O3.C4H9.Sn/c3*1-4(2,7)3(5)6;1-4(2)3;/h3*7H,1-2H3,(H,5,6);1-3H3;/q;;;;+3/p-3. The van der Waals surface area contributed by atoms with Crippen LogP contribution in [0.2, 0.25) is 3.43 Å². The maximum atomic E-state index is 12.3. The van der Waals surface area contributed by atoms with E-state index in [1.54, 1.807) is 0 Å². The van der Waals surface area contributed by atoms with Crippen molar-refractivity contribution < 1.29 is 38.9 Å². The van der Waals surface area contributed by atoms with Crippen LogP contribution in [0.3, 0.4) is 0 Å². The Morgan fingerprint density at radius 1 is 0.577 bits per heavy atom. The molecule has 0 aromatic heterocycles. The molecule has 0 bridgehead atoms. The summed E-state index contributed by atoms with van der Waals surface area (Å²) < 4.78 is 14.8. The molecule has 0 spiro atoms. The second-order valence-corrected chi connectivity index (χ2v) is 17.9. The number of carbonyl (C=O) groups excluding carboxylic acids is 3. The zero-order valence-electron chi connectivity index (χ0n) is 16.8. The first-order valence-electron chi connectivity index (χ1n) is 8.01. The van der Waals surface area contributed by atoms with Crippen LogP contribution in [0.25, 0.3) is 0 Å². The molecule has 3 N–H and O–H groups in total. The summed E-state index contributed by atoms with van der Waals surface area (Å²) in [5.41, 5.74) is -5.85. The number of rotatable bonds is 6. The molecule has 0 aliphatic heterocycles. The monoisotopic (exact) mass is 486 g/mol. The van der Waals surface area contributed by atoms with Crippen molar-refractivity contribution in [3.63, 3.8) is 0 Å². The molecule has 10 heteroatoms. The van der Waals surface area contributed by atoms with E-state index in [0.717, 1.165) is 41.5 Å². The number of carbonyl (C=O) groups is 3. The van der Waals surface area contributed by atoms with Crippen molar-refractivity contribution >= 4 is 37.5 Å². The molecule has 0 saturated carbocycles. The number of hydrogen-bond acceptors (Lipinski definition) is 9. The van der Waals surface area contributed by atoms with Crippen molar-refractivity contribution in [2.45, 2.75) is 82.5 Å². The van der Waals surface area contributed by atoms with Crippen LogP contribution in [0, 0.1) is 0 Å². The molecule has 0 aromatic rings. The van der Waals surface area contributed by atoms with Crippen LogP contribution in [0.15, 0.2) is 0 Å². The van der Waals surface area contributed by atoms with E-state index in [-0.39, 0.29) is 0 Å². The Bertz CT molecular complexity index is 487. The molecule has 152 valence electrons. The molecule has 0 aromatic carbocycles. The summed E-state index contributed by atoms with van der Waals surface area (Å²) in [4.78, 5) is 36.8. The zero-order valence-corrected chi connectivity index (χ0v) is 19.6. The van der Waals surface area contributed by atoms with Crippen molar-refractivity contribution in [2.75, 3.05) is 0 Å². The summed E-state index contributed by atoms with van der Waals surface area (Å²) in [6.07, 6.45) is 0. The van der Waals surface area contributed by atoms with Crippen LogP contribution in [0.4, 0.5) is 0 Å². The molecular weight excluding hydrogens is 455 g/mol. The van der Waals surface area contributed by atoms with Gasteiger partial charge in [0.2, 0.25) is 0 Å². The van der Waals surface area contributed by atoms with Crippen LogP contribution in [-0.4, -0.2) is 69.6 Å². The van der Waals surface area contributed by atoms with E-state index in [1.165, 1.54) is 20.8 Å². The molecule has 0 fully saturated rings. The molecule has 9 nitrogen and oxygen atoms in total. The van der Waals surface area contributed by atoms with E-state index < -0.39 is 57.8 Å². The van der Waals surface area contributed by atoms with Gasteiger partial charge in [-0.2, -0.15) is 0 Å². The molecule has 0 aliphatic rings. The predicted molar refractivity (Wildman–Crippen MR) is 92.6 cm³/mol. The summed E-state index contributed by atoms with van der Waals surface area (Å²) in [6.45, 7) is 11.5. The van der Waals surface area contributed by atoms with Gasteiger partial charge in [0.1, 0.15) is 0 Å². The SMILES string of the molecule is CC(C)(O)C(=O)[O][Sn]([O]C(=O)C(C)(C)O)([O]C(=O)C(C)(C)O)[C](C)(C)C. The molecule has 0 atom stereocenters. The van der Waals surface area contributed by atoms with Crippen molar-refractivity contribution in [3.05, 3.63) is 0 Å². The Morgan fingerprint density at radius 2 is 0.769 bits per heavy atom.